The predicted molar refractivity (Wildman–Crippen MR) is 69.5 cm³/mol. The monoisotopic (exact) mass is 258 g/mol. The van der Waals surface area contributed by atoms with E-state index in [0.717, 1.165) is 31.5 Å². The van der Waals surface area contributed by atoms with Gasteiger partial charge >= 0.3 is 0 Å². The number of carbonyl (C=O) groups excluding carboxylic acids is 1. The second kappa shape index (κ2) is 6.02. The van der Waals surface area contributed by atoms with E-state index in [1.807, 2.05) is 20.0 Å². The van der Waals surface area contributed by atoms with Crippen LogP contribution < -0.4 is 10.6 Å². The molecule has 1 saturated heterocycles. The van der Waals surface area contributed by atoms with Gasteiger partial charge in [-0.15, -0.1) is 12.4 Å². The molecule has 0 aliphatic carbocycles. The summed E-state index contributed by atoms with van der Waals surface area (Å²) < 4.78 is 1.75. The molecule has 1 aromatic heterocycles. The van der Waals surface area contributed by atoms with Gasteiger partial charge in [-0.25, -0.2) is 0 Å². The number of nitrogens with one attached hydrogen (secondary N) is 2. The number of halogens is 1. The molecule has 0 spiro atoms. The first-order valence-corrected chi connectivity index (χ1v) is 5.72. The summed E-state index contributed by atoms with van der Waals surface area (Å²) in [6, 6.07) is 1.82. The number of piperidine rings is 1. The first kappa shape index (κ1) is 14.0. The van der Waals surface area contributed by atoms with E-state index in [-0.39, 0.29) is 24.4 Å². The Kier molecular flexibility index (Phi) is 4.96. The summed E-state index contributed by atoms with van der Waals surface area (Å²) in [4.78, 5) is 11.9. The van der Waals surface area contributed by atoms with Crippen molar-refractivity contribution in [2.75, 3.05) is 11.9 Å². The first-order valence-electron chi connectivity index (χ1n) is 5.72. The van der Waals surface area contributed by atoms with Crippen LogP contribution in [0.1, 0.15) is 25.0 Å². The molecular weight excluding hydrogens is 240 g/mol. The summed E-state index contributed by atoms with van der Waals surface area (Å²) in [5.74, 6) is 0.662. The van der Waals surface area contributed by atoms with Crippen LogP contribution in [0.15, 0.2) is 6.07 Å². The van der Waals surface area contributed by atoms with Gasteiger partial charge < -0.3 is 10.6 Å². The van der Waals surface area contributed by atoms with Crippen LogP contribution in [0, 0.1) is 6.92 Å². The Morgan fingerprint density at radius 3 is 2.88 bits per heavy atom. The number of hydrogen-bond acceptors (Lipinski definition) is 3. The molecule has 1 amide bonds. The van der Waals surface area contributed by atoms with E-state index in [1.165, 1.54) is 0 Å². The molecule has 0 saturated carbocycles. The molecule has 1 fully saturated rings. The van der Waals surface area contributed by atoms with E-state index in [2.05, 4.69) is 15.7 Å². The number of anilines is 1. The molecule has 17 heavy (non-hydrogen) atoms. The fourth-order valence-electron chi connectivity index (χ4n) is 1.91. The molecule has 1 aliphatic heterocycles. The molecule has 1 unspecified atom stereocenters. The summed E-state index contributed by atoms with van der Waals surface area (Å²) in [5, 5.41) is 10.3. The first-order chi connectivity index (χ1) is 7.66. The fourth-order valence-corrected chi connectivity index (χ4v) is 1.91. The van der Waals surface area contributed by atoms with Gasteiger partial charge in [0.05, 0.1) is 6.04 Å². The van der Waals surface area contributed by atoms with Crippen molar-refractivity contribution in [3.63, 3.8) is 0 Å². The highest BCUT2D eigenvalue weighted by Crippen LogP contribution is 2.11. The van der Waals surface area contributed by atoms with Crippen molar-refractivity contribution in [3.05, 3.63) is 11.8 Å². The zero-order valence-corrected chi connectivity index (χ0v) is 11.0. The zero-order chi connectivity index (χ0) is 11.5. The topological polar surface area (TPSA) is 59.0 Å². The van der Waals surface area contributed by atoms with Crippen LogP contribution in [0.4, 0.5) is 5.82 Å². The summed E-state index contributed by atoms with van der Waals surface area (Å²) in [5.41, 5.74) is 1.03. The van der Waals surface area contributed by atoms with Crippen molar-refractivity contribution >= 4 is 24.1 Å². The standard InChI is InChI=1S/C11H18N4O.ClH/c1-8-7-10(14-15(8)2)13-11(16)9-5-3-4-6-12-9;/h7,9,12H,3-6H2,1-2H3,(H,13,14,16);1H. The van der Waals surface area contributed by atoms with Crippen LogP contribution in [0.2, 0.25) is 0 Å². The van der Waals surface area contributed by atoms with E-state index in [4.69, 9.17) is 0 Å². The van der Waals surface area contributed by atoms with Gasteiger partial charge in [0.25, 0.3) is 0 Å². The minimum atomic E-state index is -0.0592. The molecule has 0 radical (unpaired) electrons. The maximum absolute atomic E-state index is 11.9. The summed E-state index contributed by atoms with van der Waals surface area (Å²) in [6.45, 7) is 2.89. The van der Waals surface area contributed by atoms with Crippen molar-refractivity contribution in [1.82, 2.24) is 15.1 Å². The van der Waals surface area contributed by atoms with Gasteiger partial charge in [-0.1, -0.05) is 6.42 Å². The maximum atomic E-state index is 11.9. The molecule has 1 aromatic rings. The van der Waals surface area contributed by atoms with Gasteiger partial charge in [0.1, 0.15) is 0 Å². The maximum Gasteiger partial charge on any atom is 0.242 e. The zero-order valence-electron chi connectivity index (χ0n) is 10.2. The molecule has 2 N–H and O–H groups in total. The highest BCUT2D eigenvalue weighted by atomic mass is 35.5. The number of aromatic nitrogens is 2. The quantitative estimate of drug-likeness (QED) is 0.839. The number of nitrogens with zero attached hydrogens (tertiary/aromatic N) is 2. The molecule has 0 aromatic carbocycles. The Balaban J connectivity index is 0.00000144. The van der Waals surface area contributed by atoms with Gasteiger partial charge in [-0.05, 0) is 26.3 Å². The van der Waals surface area contributed by atoms with Crippen molar-refractivity contribution in [3.8, 4) is 0 Å². The van der Waals surface area contributed by atoms with Gasteiger partial charge in [-0.2, -0.15) is 5.10 Å². The van der Waals surface area contributed by atoms with Crippen molar-refractivity contribution < 1.29 is 4.79 Å². The average Bonchev–Trinajstić information content (AvgIpc) is 2.59. The highest BCUT2D eigenvalue weighted by molar-refractivity contribution is 5.94. The summed E-state index contributed by atoms with van der Waals surface area (Å²) in [7, 11) is 1.86. The number of aryl methyl sites for hydroxylation is 2. The van der Waals surface area contributed by atoms with E-state index in [9.17, 15) is 4.79 Å². The molecular formula is C11H19ClN4O. The van der Waals surface area contributed by atoms with Crippen LogP contribution in [0.25, 0.3) is 0 Å². The van der Waals surface area contributed by atoms with Crippen LogP contribution in [0.3, 0.4) is 0 Å². The third-order valence-corrected chi connectivity index (χ3v) is 2.99. The second-order valence-electron chi connectivity index (χ2n) is 4.29. The fraction of sp³-hybridized carbons (Fsp3) is 0.636. The molecule has 2 rings (SSSR count). The smallest absolute Gasteiger partial charge is 0.242 e. The Bertz CT molecular complexity index is 365. The average molecular weight is 259 g/mol. The SMILES string of the molecule is Cc1cc(NC(=O)C2CCCCN2)nn1C.Cl. The van der Waals surface area contributed by atoms with Crippen LogP contribution in [-0.4, -0.2) is 28.3 Å². The normalized spacial score (nSPS) is 19.5. The van der Waals surface area contributed by atoms with Crippen LogP contribution >= 0.6 is 12.4 Å². The Morgan fingerprint density at radius 2 is 2.35 bits per heavy atom. The van der Waals surface area contributed by atoms with E-state index in [1.54, 1.807) is 4.68 Å². The lowest BCUT2D eigenvalue weighted by Gasteiger charge is -2.21. The van der Waals surface area contributed by atoms with E-state index in [0.29, 0.717) is 5.82 Å². The van der Waals surface area contributed by atoms with E-state index < -0.39 is 0 Å². The van der Waals surface area contributed by atoms with Crippen molar-refractivity contribution in [2.24, 2.45) is 7.05 Å². The number of carbonyl (C=O) groups is 1. The van der Waals surface area contributed by atoms with Gasteiger partial charge in [0.2, 0.25) is 5.91 Å². The second-order valence-corrected chi connectivity index (χ2v) is 4.29. The molecule has 1 aliphatic rings. The molecule has 2 heterocycles. The third-order valence-electron chi connectivity index (χ3n) is 2.99. The van der Waals surface area contributed by atoms with Gasteiger partial charge in [0.15, 0.2) is 5.82 Å². The van der Waals surface area contributed by atoms with Gasteiger partial charge in [0, 0.05) is 18.8 Å². The summed E-state index contributed by atoms with van der Waals surface area (Å²) >= 11 is 0. The van der Waals surface area contributed by atoms with Crippen LogP contribution in [0.5, 0.6) is 0 Å². The predicted octanol–water partition coefficient (Wildman–Crippen LogP) is 1.23. The Labute approximate surface area is 107 Å². The summed E-state index contributed by atoms with van der Waals surface area (Å²) in [6.07, 6.45) is 3.19. The molecule has 5 nitrogen and oxygen atoms in total. The van der Waals surface area contributed by atoms with E-state index >= 15 is 0 Å². The Hall–Kier alpha value is -1.07. The third kappa shape index (κ3) is 3.44. The van der Waals surface area contributed by atoms with Crippen molar-refractivity contribution in [2.45, 2.75) is 32.2 Å². The minimum Gasteiger partial charge on any atom is -0.308 e. The molecule has 96 valence electrons. The minimum absolute atomic E-state index is 0. The molecule has 0 bridgehead atoms. The van der Waals surface area contributed by atoms with Crippen molar-refractivity contribution in [1.29, 1.82) is 0 Å². The largest absolute Gasteiger partial charge is 0.308 e. The lowest BCUT2D eigenvalue weighted by Crippen LogP contribution is -2.43. The molecule has 1 atom stereocenters. The lowest BCUT2D eigenvalue weighted by atomic mass is 10.0. The van der Waals surface area contributed by atoms with Crippen LogP contribution in [-0.2, 0) is 11.8 Å². The number of hydrogen-bond donors (Lipinski definition) is 2. The lowest BCUT2D eigenvalue weighted by molar-refractivity contribution is -0.118. The highest BCUT2D eigenvalue weighted by Gasteiger charge is 2.21. The number of amides is 1. The Morgan fingerprint density at radius 1 is 1.59 bits per heavy atom. The van der Waals surface area contributed by atoms with Gasteiger partial charge in [-0.3, -0.25) is 9.48 Å². The molecule has 6 heteroatoms. The number of rotatable bonds is 2.